The minimum absolute atomic E-state index is 0.413. The van der Waals surface area contributed by atoms with Gasteiger partial charge >= 0.3 is 0 Å². The molecule has 2 aromatic rings. The zero-order valence-electron chi connectivity index (χ0n) is 6.01. The molecule has 0 atom stereocenters. The first kappa shape index (κ1) is 7.16. The summed E-state index contributed by atoms with van der Waals surface area (Å²) in [4.78, 5) is 3.75. The number of hydrogen-bond acceptors (Lipinski definition) is 1. The summed E-state index contributed by atoms with van der Waals surface area (Å²) in [5.41, 5.74) is 0.413. The Labute approximate surface area is 67.7 Å². The predicted molar refractivity (Wildman–Crippen MR) is 40.5 cm³/mol. The second kappa shape index (κ2) is 2.52. The first-order chi connectivity index (χ1) is 5.77. The zero-order valence-corrected chi connectivity index (χ0v) is 6.01. The van der Waals surface area contributed by atoms with Crippen LogP contribution >= 0.6 is 0 Å². The molecule has 0 fully saturated rings. The quantitative estimate of drug-likeness (QED) is 0.582. The fraction of sp³-hybridized carbons (Fsp3) is 0. The minimum Gasteiger partial charge on any atom is -0.246 e. The van der Waals surface area contributed by atoms with Crippen molar-refractivity contribution in [1.82, 2.24) is 4.98 Å². The summed E-state index contributed by atoms with van der Waals surface area (Å²) < 4.78 is 25.3. The van der Waals surface area contributed by atoms with Crippen LogP contribution in [0.1, 0.15) is 0 Å². The van der Waals surface area contributed by atoms with E-state index in [0.717, 1.165) is 12.1 Å². The SMILES string of the molecule is Fc1cc2cc[c]nc2cc1F. The van der Waals surface area contributed by atoms with Gasteiger partial charge in [0, 0.05) is 11.5 Å². The van der Waals surface area contributed by atoms with Crippen molar-refractivity contribution < 1.29 is 8.78 Å². The van der Waals surface area contributed by atoms with Crippen LogP contribution in [0.2, 0.25) is 0 Å². The fourth-order valence-electron chi connectivity index (χ4n) is 1.02. The standard InChI is InChI=1S/C9H4F2N/c10-7-4-6-2-1-3-12-9(6)5-8(7)11/h1-2,4-5H. The van der Waals surface area contributed by atoms with E-state index in [2.05, 4.69) is 11.2 Å². The highest BCUT2D eigenvalue weighted by molar-refractivity contribution is 5.78. The fourth-order valence-corrected chi connectivity index (χ4v) is 1.02. The van der Waals surface area contributed by atoms with E-state index in [4.69, 9.17) is 0 Å². The number of hydrogen-bond donors (Lipinski definition) is 0. The van der Waals surface area contributed by atoms with Gasteiger partial charge in [-0.05, 0) is 12.1 Å². The third kappa shape index (κ3) is 1.03. The summed E-state index contributed by atoms with van der Waals surface area (Å²) in [5.74, 6) is -1.73. The van der Waals surface area contributed by atoms with E-state index < -0.39 is 11.6 Å². The van der Waals surface area contributed by atoms with Crippen molar-refractivity contribution in [2.24, 2.45) is 0 Å². The Morgan fingerprint density at radius 1 is 1.17 bits per heavy atom. The lowest BCUT2D eigenvalue weighted by Gasteiger charge is -1.96. The van der Waals surface area contributed by atoms with Crippen LogP contribution in [0.3, 0.4) is 0 Å². The molecule has 1 aromatic carbocycles. The van der Waals surface area contributed by atoms with Gasteiger partial charge in [0.05, 0.1) is 11.7 Å². The molecule has 0 aliphatic rings. The van der Waals surface area contributed by atoms with Crippen LogP contribution in [0.15, 0.2) is 24.3 Å². The van der Waals surface area contributed by atoms with Gasteiger partial charge in [-0.25, -0.2) is 13.8 Å². The first-order valence-corrected chi connectivity index (χ1v) is 3.39. The van der Waals surface area contributed by atoms with Gasteiger partial charge in [-0.3, -0.25) is 0 Å². The highest BCUT2D eigenvalue weighted by atomic mass is 19.2. The Bertz CT molecular complexity index is 385. The van der Waals surface area contributed by atoms with Crippen molar-refractivity contribution in [2.45, 2.75) is 0 Å². The van der Waals surface area contributed by atoms with E-state index in [1.807, 2.05) is 0 Å². The Balaban J connectivity index is 2.84. The molecule has 0 N–H and O–H groups in total. The molecule has 0 amide bonds. The molecule has 59 valence electrons. The number of fused-ring (bicyclic) bond motifs is 1. The van der Waals surface area contributed by atoms with Crippen molar-refractivity contribution in [3.05, 3.63) is 42.1 Å². The Morgan fingerprint density at radius 3 is 2.75 bits per heavy atom. The van der Waals surface area contributed by atoms with Crippen LogP contribution in [-0.4, -0.2) is 4.98 Å². The second-order valence-electron chi connectivity index (χ2n) is 2.40. The largest absolute Gasteiger partial charge is 0.246 e. The van der Waals surface area contributed by atoms with Gasteiger partial charge in [-0.2, -0.15) is 0 Å². The molecule has 0 aliphatic carbocycles. The summed E-state index contributed by atoms with van der Waals surface area (Å²) in [7, 11) is 0. The molecule has 0 unspecified atom stereocenters. The second-order valence-corrected chi connectivity index (χ2v) is 2.40. The van der Waals surface area contributed by atoms with E-state index in [0.29, 0.717) is 10.9 Å². The zero-order chi connectivity index (χ0) is 8.55. The van der Waals surface area contributed by atoms with Crippen LogP contribution in [0.5, 0.6) is 0 Å². The van der Waals surface area contributed by atoms with Gasteiger partial charge in [-0.15, -0.1) is 0 Å². The number of benzene rings is 1. The third-order valence-electron chi connectivity index (χ3n) is 1.59. The molecule has 3 heteroatoms. The molecule has 0 saturated carbocycles. The molecule has 0 spiro atoms. The van der Waals surface area contributed by atoms with E-state index in [-0.39, 0.29) is 0 Å². The number of nitrogens with zero attached hydrogens (tertiary/aromatic N) is 1. The van der Waals surface area contributed by atoms with Crippen LogP contribution in [0.25, 0.3) is 10.9 Å². The normalized spacial score (nSPS) is 10.5. The minimum atomic E-state index is -0.880. The van der Waals surface area contributed by atoms with Crippen LogP contribution in [-0.2, 0) is 0 Å². The van der Waals surface area contributed by atoms with Crippen LogP contribution in [0.4, 0.5) is 8.78 Å². The third-order valence-corrected chi connectivity index (χ3v) is 1.59. The van der Waals surface area contributed by atoms with Gasteiger partial charge in [0.25, 0.3) is 0 Å². The van der Waals surface area contributed by atoms with Gasteiger partial charge in [0.2, 0.25) is 0 Å². The summed E-state index contributed by atoms with van der Waals surface area (Å²) in [6, 6.07) is 5.36. The summed E-state index contributed by atoms with van der Waals surface area (Å²) in [6.07, 6.45) is 2.54. The van der Waals surface area contributed by atoms with Gasteiger partial charge in [0.1, 0.15) is 0 Å². The topological polar surface area (TPSA) is 12.9 Å². The average molecular weight is 164 g/mol. The lowest BCUT2D eigenvalue weighted by molar-refractivity contribution is 0.510. The molecule has 12 heavy (non-hydrogen) atoms. The number of aromatic nitrogens is 1. The highest BCUT2D eigenvalue weighted by Crippen LogP contribution is 2.15. The van der Waals surface area contributed by atoms with Gasteiger partial charge in [-0.1, -0.05) is 6.07 Å². The number of halogens is 2. The molecule has 0 saturated heterocycles. The van der Waals surface area contributed by atoms with E-state index in [1.165, 1.54) is 0 Å². The van der Waals surface area contributed by atoms with Gasteiger partial charge < -0.3 is 0 Å². The van der Waals surface area contributed by atoms with Crippen molar-refractivity contribution in [2.75, 3.05) is 0 Å². The molecular formula is C9H4F2N. The molecule has 1 nitrogen and oxygen atoms in total. The molecule has 2 rings (SSSR count). The Kier molecular flexibility index (Phi) is 1.50. The molecule has 1 heterocycles. The lowest BCUT2D eigenvalue weighted by atomic mass is 10.2. The monoisotopic (exact) mass is 164 g/mol. The molecule has 1 radical (unpaired) electrons. The smallest absolute Gasteiger partial charge is 0.161 e. The lowest BCUT2D eigenvalue weighted by Crippen LogP contribution is -1.85. The maximum absolute atomic E-state index is 12.6. The summed E-state index contributed by atoms with van der Waals surface area (Å²) in [6.45, 7) is 0. The van der Waals surface area contributed by atoms with Crippen molar-refractivity contribution in [3.8, 4) is 0 Å². The van der Waals surface area contributed by atoms with Crippen molar-refractivity contribution in [1.29, 1.82) is 0 Å². The highest BCUT2D eigenvalue weighted by Gasteiger charge is 2.02. The Morgan fingerprint density at radius 2 is 1.92 bits per heavy atom. The summed E-state index contributed by atoms with van der Waals surface area (Å²) >= 11 is 0. The maximum atomic E-state index is 12.6. The molecular weight excluding hydrogens is 160 g/mol. The van der Waals surface area contributed by atoms with E-state index in [1.54, 1.807) is 12.1 Å². The average Bonchev–Trinajstić information content (AvgIpc) is 2.07. The van der Waals surface area contributed by atoms with Crippen molar-refractivity contribution >= 4 is 10.9 Å². The number of pyridine rings is 1. The first-order valence-electron chi connectivity index (χ1n) is 3.39. The maximum Gasteiger partial charge on any atom is 0.161 e. The molecule has 0 bridgehead atoms. The van der Waals surface area contributed by atoms with Crippen LogP contribution in [0, 0.1) is 17.8 Å². The van der Waals surface area contributed by atoms with Crippen LogP contribution < -0.4 is 0 Å². The van der Waals surface area contributed by atoms with Crippen molar-refractivity contribution in [3.63, 3.8) is 0 Å². The molecule has 1 aromatic heterocycles. The molecule has 0 aliphatic heterocycles. The Hall–Kier alpha value is -1.51. The summed E-state index contributed by atoms with van der Waals surface area (Å²) in [5, 5.41) is 0.577. The van der Waals surface area contributed by atoms with E-state index >= 15 is 0 Å². The predicted octanol–water partition coefficient (Wildman–Crippen LogP) is 2.31. The van der Waals surface area contributed by atoms with E-state index in [9.17, 15) is 8.78 Å². The number of rotatable bonds is 0. The van der Waals surface area contributed by atoms with Gasteiger partial charge in [0.15, 0.2) is 11.6 Å².